The number of likely N-dealkylation sites (N-methyl/N-ethyl adjacent to an activating group) is 1. The van der Waals surface area contributed by atoms with Crippen LogP contribution in [0.1, 0.15) is 17.2 Å². The van der Waals surface area contributed by atoms with Crippen LogP contribution in [0.15, 0.2) is 24.3 Å². The number of nitrogens with one attached hydrogen (secondary N) is 2. The van der Waals surface area contributed by atoms with E-state index in [0.717, 1.165) is 11.1 Å². The Kier molecular flexibility index (Phi) is 5.42. The van der Waals surface area contributed by atoms with Crippen molar-refractivity contribution in [3.05, 3.63) is 35.4 Å². The van der Waals surface area contributed by atoms with E-state index in [9.17, 15) is 10.2 Å². The van der Waals surface area contributed by atoms with Crippen LogP contribution in [0.3, 0.4) is 0 Å². The number of rotatable bonds is 6. The molecule has 90 valence electrons. The molecular weight excluding hydrogens is 204 g/mol. The fourth-order valence-corrected chi connectivity index (χ4v) is 1.70. The Labute approximate surface area is 96.3 Å². The van der Waals surface area contributed by atoms with Crippen LogP contribution in [-0.2, 0) is 6.54 Å². The van der Waals surface area contributed by atoms with E-state index in [0.29, 0.717) is 13.1 Å². The molecule has 0 amide bonds. The molecule has 4 N–H and O–H groups in total. The summed E-state index contributed by atoms with van der Waals surface area (Å²) in [6.45, 7) is 1.05. The molecule has 1 aromatic carbocycles. The van der Waals surface area contributed by atoms with Crippen molar-refractivity contribution in [3.8, 4) is 0 Å². The van der Waals surface area contributed by atoms with Gasteiger partial charge in [-0.25, -0.2) is 0 Å². The van der Waals surface area contributed by atoms with E-state index in [-0.39, 0.29) is 0 Å². The predicted molar refractivity (Wildman–Crippen MR) is 64.1 cm³/mol. The average Bonchev–Trinajstić information content (AvgIpc) is 2.29. The fraction of sp³-hybridized carbons (Fsp3) is 0.500. The Morgan fingerprint density at radius 2 is 1.81 bits per heavy atom. The molecule has 0 fully saturated rings. The van der Waals surface area contributed by atoms with Gasteiger partial charge >= 0.3 is 0 Å². The summed E-state index contributed by atoms with van der Waals surface area (Å²) in [5.74, 6) is 0. The average molecular weight is 224 g/mol. The first kappa shape index (κ1) is 13.1. The molecule has 0 aliphatic heterocycles. The van der Waals surface area contributed by atoms with E-state index in [4.69, 9.17) is 0 Å². The fourth-order valence-electron chi connectivity index (χ4n) is 1.70. The normalized spacial score (nSPS) is 14.8. The van der Waals surface area contributed by atoms with Crippen LogP contribution in [0.2, 0.25) is 0 Å². The minimum atomic E-state index is -0.850. The molecule has 0 aliphatic carbocycles. The van der Waals surface area contributed by atoms with Crippen molar-refractivity contribution in [2.24, 2.45) is 0 Å². The summed E-state index contributed by atoms with van der Waals surface area (Å²) in [5.41, 5.74) is 1.78. The minimum absolute atomic E-state index is 0.370. The Morgan fingerprint density at radius 1 is 1.12 bits per heavy atom. The van der Waals surface area contributed by atoms with Crippen molar-refractivity contribution in [2.75, 3.05) is 20.6 Å². The first-order valence-corrected chi connectivity index (χ1v) is 5.43. The van der Waals surface area contributed by atoms with Crippen molar-refractivity contribution in [3.63, 3.8) is 0 Å². The zero-order chi connectivity index (χ0) is 12.0. The van der Waals surface area contributed by atoms with Crippen LogP contribution < -0.4 is 10.6 Å². The van der Waals surface area contributed by atoms with E-state index < -0.39 is 12.2 Å². The van der Waals surface area contributed by atoms with Gasteiger partial charge in [0.1, 0.15) is 6.10 Å². The van der Waals surface area contributed by atoms with Gasteiger partial charge in [0.25, 0.3) is 0 Å². The third-order valence-corrected chi connectivity index (χ3v) is 2.52. The number of hydrogen-bond acceptors (Lipinski definition) is 4. The molecule has 0 aliphatic rings. The van der Waals surface area contributed by atoms with Crippen LogP contribution in [0, 0.1) is 0 Å². The maximum Gasteiger partial charge on any atom is 0.106 e. The van der Waals surface area contributed by atoms with E-state index in [1.807, 2.05) is 31.3 Å². The quantitative estimate of drug-likeness (QED) is 0.550. The zero-order valence-electron chi connectivity index (χ0n) is 9.77. The van der Waals surface area contributed by atoms with Gasteiger partial charge in [0.2, 0.25) is 0 Å². The SMILES string of the molecule is CNCc1ccccc1C(O)C(O)CNC. The number of aliphatic hydroxyl groups excluding tert-OH is 2. The summed E-state index contributed by atoms with van der Waals surface area (Å²) in [6.07, 6.45) is -1.64. The van der Waals surface area contributed by atoms with Crippen molar-refractivity contribution < 1.29 is 10.2 Å². The molecule has 1 rings (SSSR count). The first-order valence-electron chi connectivity index (χ1n) is 5.43. The molecule has 0 bridgehead atoms. The number of aliphatic hydroxyl groups is 2. The number of benzene rings is 1. The highest BCUT2D eigenvalue weighted by molar-refractivity contribution is 5.29. The van der Waals surface area contributed by atoms with Gasteiger partial charge in [-0.05, 0) is 25.2 Å². The molecule has 2 atom stereocenters. The molecule has 0 radical (unpaired) electrons. The monoisotopic (exact) mass is 224 g/mol. The summed E-state index contributed by atoms with van der Waals surface area (Å²) in [7, 11) is 3.60. The Morgan fingerprint density at radius 3 is 2.44 bits per heavy atom. The van der Waals surface area contributed by atoms with Crippen LogP contribution in [0.5, 0.6) is 0 Å². The second kappa shape index (κ2) is 6.60. The van der Waals surface area contributed by atoms with Gasteiger partial charge in [0, 0.05) is 13.1 Å². The zero-order valence-corrected chi connectivity index (χ0v) is 9.77. The molecule has 4 heteroatoms. The highest BCUT2D eigenvalue weighted by Crippen LogP contribution is 2.20. The van der Waals surface area contributed by atoms with Gasteiger partial charge in [-0.3, -0.25) is 0 Å². The molecule has 0 heterocycles. The second-order valence-electron chi connectivity index (χ2n) is 3.80. The van der Waals surface area contributed by atoms with Gasteiger partial charge in [-0.1, -0.05) is 24.3 Å². The molecule has 4 nitrogen and oxygen atoms in total. The maximum absolute atomic E-state index is 10.0. The molecule has 0 spiro atoms. The molecule has 0 saturated carbocycles. The van der Waals surface area contributed by atoms with Gasteiger partial charge in [0.15, 0.2) is 0 Å². The lowest BCUT2D eigenvalue weighted by Gasteiger charge is -2.20. The van der Waals surface area contributed by atoms with Gasteiger partial charge in [-0.15, -0.1) is 0 Å². The summed E-state index contributed by atoms with van der Waals surface area (Å²) in [6, 6.07) is 7.58. The van der Waals surface area contributed by atoms with E-state index in [1.54, 1.807) is 7.05 Å². The minimum Gasteiger partial charge on any atom is -0.389 e. The lowest BCUT2D eigenvalue weighted by molar-refractivity contribution is 0.0197. The summed E-state index contributed by atoms with van der Waals surface area (Å²) in [5, 5.41) is 25.6. The summed E-state index contributed by atoms with van der Waals surface area (Å²) in [4.78, 5) is 0. The Bertz CT molecular complexity index is 318. The third kappa shape index (κ3) is 3.28. The van der Waals surface area contributed by atoms with E-state index in [2.05, 4.69) is 10.6 Å². The summed E-state index contributed by atoms with van der Waals surface area (Å²) < 4.78 is 0. The van der Waals surface area contributed by atoms with Crippen LogP contribution in [-0.4, -0.2) is 37.0 Å². The van der Waals surface area contributed by atoms with Gasteiger partial charge < -0.3 is 20.8 Å². The van der Waals surface area contributed by atoms with E-state index in [1.165, 1.54) is 0 Å². The smallest absolute Gasteiger partial charge is 0.106 e. The second-order valence-corrected chi connectivity index (χ2v) is 3.80. The van der Waals surface area contributed by atoms with E-state index >= 15 is 0 Å². The van der Waals surface area contributed by atoms with Crippen molar-refractivity contribution in [2.45, 2.75) is 18.8 Å². The van der Waals surface area contributed by atoms with Gasteiger partial charge in [-0.2, -0.15) is 0 Å². The van der Waals surface area contributed by atoms with Crippen LogP contribution >= 0.6 is 0 Å². The lowest BCUT2D eigenvalue weighted by atomic mass is 9.98. The first-order chi connectivity index (χ1) is 7.70. The Hall–Kier alpha value is -0.940. The van der Waals surface area contributed by atoms with Gasteiger partial charge in [0.05, 0.1) is 6.10 Å². The number of hydrogen-bond donors (Lipinski definition) is 4. The molecule has 16 heavy (non-hydrogen) atoms. The van der Waals surface area contributed by atoms with Crippen molar-refractivity contribution in [1.29, 1.82) is 0 Å². The Balaban J connectivity index is 2.84. The maximum atomic E-state index is 10.0. The third-order valence-electron chi connectivity index (χ3n) is 2.52. The highest BCUT2D eigenvalue weighted by atomic mass is 16.3. The molecule has 0 saturated heterocycles. The van der Waals surface area contributed by atoms with Crippen LogP contribution in [0.4, 0.5) is 0 Å². The molecule has 0 aromatic heterocycles. The highest BCUT2D eigenvalue weighted by Gasteiger charge is 2.19. The standard InChI is InChI=1S/C12H20N2O2/c1-13-7-9-5-3-4-6-10(9)12(16)11(15)8-14-2/h3-6,11-16H,7-8H2,1-2H3. The largest absolute Gasteiger partial charge is 0.389 e. The predicted octanol–water partition coefficient (Wildman–Crippen LogP) is 0.0197. The summed E-state index contributed by atoms with van der Waals surface area (Å²) >= 11 is 0. The van der Waals surface area contributed by atoms with Crippen LogP contribution in [0.25, 0.3) is 0 Å². The topological polar surface area (TPSA) is 64.5 Å². The molecule has 2 unspecified atom stereocenters. The van der Waals surface area contributed by atoms with Crippen molar-refractivity contribution in [1.82, 2.24) is 10.6 Å². The lowest BCUT2D eigenvalue weighted by Crippen LogP contribution is -2.30. The van der Waals surface area contributed by atoms with Crippen molar-refractivity contribution >= 4 is 0 Å². The molecule has 1 aromatic rings. The molecular formula is C12H20N2O2.